The lowest BCUT2D eigenvalue weighted by Gasteiger charge is -2.33. The summed E-state index contributed by atoms with van der Waals surface area (Å²) in [5.41, 5.74) is 10.3. The Morgan fingerprint density at radius 3 is 1.64 bits per heavy atom. The fourth-order valence-corrected chi connectivity index (χ4v) is 10.8. The number of aromatic nitrogens is 1. The summed E-state index contributed by atoms with van der Waals surface area (Å²) in [6.07, 6.45) is 9.47. The molecule has 3 heteroatoms. The quantitative estimate of drug-likeness (QED) is 0.132. The van der Waals surface area contributed by atoms with Crippen LogP contribution in [-0.2, 0) is 0 Å². The van der Waals surface area contributed by atoms with E-state index in [0.717, 1.165) is 94.1 Å². The van der Waals surface area contributed by atoms with Crippen molar-refractivity contribution in [3.8, 4) is 22.3 Å². The number of rotatable bonds is 3. The minimum Gasteiger partial charge on any atom is -0.310 e. The van der Waals surface area contributed by atoms with Gasteiger partial charge in [0.15, 0.2) is 10.9 Å². The Bertz CT molecular complexity index is 3940. The largest absolute Gasteiger partial charge is 0.310 e. The van der Waals surface area contributed by atoms with Crippen LogP contribution in [0.1, 0.15) is 29.2 Å². The summed E-state index contributed by atoms with van der Waals surface area (Å²) in [7, 11) is 0. The van der Waals surface area contributed by atoms with Crippen LogP contribution < -0.4 is 10.9 Å². The van der Waals surface area contributed by atoms with Crippen molar-refractivity contribution in [3.05, 3.63) is 231 Å². The first-order chi connectivity index (χ1) is 30.1. The number of allylic oxidation sites excluding steroid dienone is 5. The first-order valence-electron chi connectivity index (χ1n) is 21.0. The van der Waals surface area contributed by atoms with Gasteiger partial charge in [-0.15, -0.1) is 0 Å². The van der Waals surface area contributed by atoms with Crippen LogP contribution in [0.5, 0.6) is 0 Å². The molecule has 61 heavy (non-hydrogen) atoms. The molecule has 13 rings (SSSR count). The third kappa shape index (κ3) is 4.80. The van der Waals surface area contributed by atoms with Crippen molar-refractivity contribution in [2.24, 2.45) is 0 Å². The molecule has 0 bridgehead atoms. The van der Waals surface area contributed by atoms with Crippen molar-refractivity contribution in [1.82, 2.24) is 4.40 Å². The highest BCUT2D eigenvalue weighted by atomic mass is 16.1. The van der Waals surface area contributed by atoms with Gasteiger partial charge in [0.25, 0.3) is 0 Å². The Morgan fingerprint density at radius 2 is 0.951 bits per heavy atom. The molecule has 1 atom stereocenters. The second-order valence-electron chi connectivity index (χ2n) is 16.6. The molecule has 3 nitrogen and oxygen atoms in total. The van der Waals surface area contributed by atoms with Crippen LogP contribution in [0.3, 0.4) is 0 Å². The molecule has 2 aliphatic carbocycles. The zero-order valence-corrected chi connectivity index (χ0v) is 33.0. The molecule has 1 unspecified atom stereocenters. The highest BCUT2D eigenvalue weighted by Gasteiger charge is 2.34. The average molecular weight is 778 g/mol. The van der Waals surface area contributed by atoms with E-state index >= 15 is 9.59 Å². The van der Waals surface area contributed by atoms with E-state index < -0.39 is 0 Å². The number of benzene rings is 9. The van der Waals surface area contributed by atoms with Gasteiger partial charge in [0.1, 0.15) is 0 Å². The molecule has 0 aliphatic heterocycles. The molecule has 0 amide bonds. The molecule has 0 spiro atoms. The second-order valence-corrected chi connectivity index (χ2v) is 16.6. The number of nitrogens with zero attached hydrogens (tertiary/aromatic N) is 1. The Kier molecular flexibility index (Phi) is 7.15. The summed E-state index contributed by atoms with van der Waals surface area (Å²) in [6, 6.07) is 59.1. The molecule has 284 valence electrons. The van der Waals surface area contributed by atoms with Gasteiger partial charge < -0.3 is 4.40 Å². The van der Waals surface area contributed by atoms with Crippen molar-refractivity contribution in [2.45, 2.75) is 12.3 Å². The number of pyridine rings is 2. The molecule has 0 saturated heterocycles. The van der Waals surface area contributed by atoms with Gasteiger partial charge >= 0.3 is 0 Å². The Hall–Kier alpha value is -7.88. The summed E-state index contributed by atoms with van der Waals surface area (Å²) < 4.78 is 2.33. The highest BCUT2D eigenvalue weighted by molar-refractivity contribution is 6.19. The molecular weight excluding hydrogens is 743 g/mol. The number of fused-ring (bicyclic) bond motifs is 11. The van der Waals surface area contributed by atoms with E-state index in [-0.39, 0.29) is 16.8 Å². The summed E-state index contributed by atoms with van der Waals surface area (Å²) in [5, 5.41) is 10.5. The van der Waals surface area contributed by atoms with E-state index in [2.05, 4.69) is 174 Å². The summed E-state index contributed by atoms with van der Waals surface area (Å²) in [4.78, 5) is 31.2. The van der Waals surface area contributed by atoms with E-state index in [4.69, 9.17) is 0 Å². The van der Waals surface area contributed by atoms with Gasteiger partial charge in [0.05, 0.1) is 11.0 Å². The Labute approximate surface area is 350 Å². The zero-order chi connectivity index (χ0) is 40.3. The molecule has 0 N–H and O–H groups in total. The lowest BCUT2D eigenvalue weighted by atomic mass is 9.74. The fourth-order valence-electron chi connectivity index (χ4n) is 10.8. The summed E-state index contributed by atoms with van der Waals surface area (Å²) >= 11 is 0. The van der Waals surface area contributed by atoms with E-state index in [9.17, 15) is 0 Å². The van der Waals surface area contributed by atoms with Crippen LogP contribution in [0.4, 0.5) is 0 Å². The molecule has 2 aromatic heterocycles. The van der Waals surface area contributed by atoms with Gasteiger partial charge in [-0.05, 0) is 107 Å². The topological polar surface area (TPSA) is 38.5 Å². The molecule has 11 aromatic rings. The number of hydrogen-bond acceptors (Lipinski definition) is 2. The molecule has 2 aliphatic rings. The maximum Gasteiger partial charge on any atom is 0.197 e. The third-order valence-corrected chi connectivity index (χ3v) is 13.4. The van der Waals surface area contributed by atoms with Crippen molar-refractivity contribution < 1.29 is 0 Å². The van der Waals surface area contributed by atoms with Crippen LogP contribution >= 0.6 is 0 Å². The van der Waals surface area contributed by atoms with Crippen molar-refractivity contribution in [1.29, 1.82) is 0 Å². The van der Waals surface area contributed by atoms with Gasteiger partial charge in [0.2, 0.25) is 0 Å². The van der Waals surface area contributed by atoms with Gasteiger partial charge in [-0.1, -0.05) is 170 Å². The standard InChI is InChI=1S/C58H35NO2/c60-57-50-30-37(41-27-11-17-34-14-1-4-20-38(34)41)31-51-56(50)59(54-46-25-9-7-23-44(46)48(32-52(54)57)42-28-12-18-35-15-2-5-21-39(35)42)55-47-26-10-8-24-45(47)49(33-53(55)58(51)61)43-29-13-19-36-16-3-6-22-40(36)43/h1-25,27-33,47H,26H2. The average Bonchev–Trinajstić information content (AvgIpc) is 3.32. The minimum absolute atomic E-state index is 0.0520. The van der Waals surface area contributed by atoms with E-state index in [0.29, 0.717) is 27.2 Å². The second kappa shape index (κ2) is 12.8. The lowest BCUT2D eigenvalue weighted by molar-refractivity contribution is 0.770. The third-order valence-electron chi connectivity index (χ3n) is 13.4. The molecule has 0 saturated carbocycles. The normalized spacial score (nSPS) is 14.9. The minimum atomic E-state index is -0.126. The van der Waals surface area contributed by atoms with Crippen LogP contribution in [-0.4, -0.2) is 4.40 Å². The number of hydrogen-bond donors (Lipinski definition) is 0. The van der Waals surface area contributed by atoms with Crippen LogP contribution in [0.2, 0.25) is 0 Å². The molecule has 2 heterocycles. The van der Waals surface area contributed by atoms with Gasteiger partial charge in [-0.25, -0.2) is 0 Å². The first kappa shape index (κ1) is 34.0. The van der Waals surface area contributed by atoms with E-state index in [1.807, 2.05) is 24.3 Å². The predicted molar refractivity (Wildman–Crippen MR) is 256 cm³/mol. The summed E-state index contributed by atoms with van der Waals surface area (Å²) in [6.45, 7) is 0. The highest BCUT2D eigenvalue weighted by Crippen LogP contribution is 2.49. The van der Waals surface area contributed by atoms with Crippen molar-refractivity contribution >= 4 is 81.9 Å². The Morgan fingerprint density at radius 1 is 0.443 bits per heavy atom. The molecular formula is C58H35NO2. The first-order valence-corrected chi connectivity index (χ1v) is 21.0. The van der Waals surface area contributed by atoms with E-state index in [1.165, 1.54) is 5.57 Å². The maximum absolute atomic E-state index is 15.6. The van der Waals surface area contributed by atoms with Crippen LogP contribution in [0, 0.1) is 0 Å². The van der Waals surface area contributed by atoms with Crippen molar-refractivity contribution in [3.63, 3.8) is 0 Å². The van der Waals surface area contributed by atoms with Gasteiger partial charge in [-0.3, -0.25) is 9.59 Å². The summed E-state index contributed by atoms with van der Waals surface area (Å²) in [5.74, 6) is -0.126. The van der Waals surface area contributed by atoms with E-state index in [1.54, 1.807) is 0 Å². The molecule has 9 aromatic carbocycles. The maximum atomic E-state index is 15.6. The Balaban J connectivity index is 1.25. The van der Waals surface area contributed by atoms with Gasteiger partial charge in [0, 0.05) is 38.7 Å². The van der Waals surface area contributed by atoms with Crippen LogP contribution in [0.15, 0.2) is 203 Å². The zero-order valence-electron chi connectivity index (χ0n) is 33.0. The lowest BCUT2D eigenvalue weighted by Crippen LogP contribution is -2.25. The molecule has 0 fully saturated rings. The SMILES string of the molecule is O=c1c2c(n3c4c1cc(-c1cccc5ccccc15)cc4c(=O)c1cc(-c4cccc5ccccc45)c4ccccc4c13)C1CC=CC=C1C(c1cccc3ccccc13)=C2. The molecule has 0 radical (unpaired) electrons. The monoisotopic (exact) mass is 777 g/mol. The smallest absolute Gasteiger partial charge is 0.197 e. The van der Waals surface area contributed by atoms with Gasteiger partial charge in [-0.2, -0.15) is 0 Å². The fraction of sp³-hybridized carbons (Fsp3) is 0.0345. The predicted octanol–water partition coefficient (Wildman–Crippen LogP) is 13.9. The van der Waals surface area contributed by atoms with Crippen LogP contribution in [0.25, 0.3) is 104 Å². The van der Waals surface area contributed by atoms with Crippen molar-refractivity contribution in [2.75, 3.05) is 0 Å².